The van der Waals surface area contributed by atoms with Gasteiger partial charge in [0.05, 0.1) is 5.56 Å². The van der Waals surface area contributed by atoms with Crippen molar-refractivity contribution in [3.05, 3.63) is 33.7 Å². The van der Waals surface area contributed by atoms with Gasteiger partial charge in [-0.05, 0) is 39.9 Å². The molecule has 76 valence electrons. The second kappa shape index (κ2) is 3.97. The van der Waals surface area contributed by atoms with E-state index in [0.717, 1.165) is 9.13 Å². The van der Waals surface area contributed by atoms with Gasteiger partial charge in [0.15, 0.2) is 0 Å². The largest absolute Gasteiger partial charge is 0.475 e. The number of aromatic carboxylic acids is 1. The normalized spacial score (nSPS) is 10.2. The third kappa shape index (κ3) is 1.99. The highest BCUT2D eigenvalue weighted by molar-refractivity contribution is 14.1. The van der Waals surface area contributed by atoms with Crippen LogP contribution < -0.4 is 0 Å². The lowest BCUT2D eigenvalue weighted by Crippen LogP contribution is -1.98. The molecule has 1 aromatic carbocycles. The summed E-state index contributed by atoms with van der Waals surface area (Å²) in [6, 6.07) is 7.36. The van der Waals surface area contributed by atoms with E-state index in [1.807, 2.05) is 18.2 Å². The molecular weight excluding hydrogens is 311 g/mol. The van der Waals surface area contributed by atoms with Crippen LogP contribution in [0.3, 0.4) is 0 Å². The van der Waals surface area contributed by atoms with Gasteiger partial charge >= 0.3 is 5.97 Å². The van der Waals surface area contributed by atoms with Crippen LogP contribution in [0.5, 0.6) is 0 Å². The number of rotatable bonds is 2. The summed E-state index contributed by atoms with van der Waals surface area (Å²) in [6.45, 7) is 0. The van der Waals surface area contributed by atoms with Gasteiger partial charge < -0.3 is 9.63 Å². The van der Waals surface area contributed by atoms with E-state index in [-0.39, 0.29) is 11.7 Å². The first-order valence-corrected chi connectivity index (χ1v) is 5.08. The zero-order chi connectivity index (χ0) is 10.8. The minimum Gasteiger partial charge on any atom is -0.475 e. The zero-order valence-electron chi connectivity index (χ0n) is 7.35. The number of nitrogens with zero attached hydrogens (tertiary/aromatic N) is 2. The van der Waals surface area contributed by atoms with Crippen molar-refractivity contribution >= 4 is 28.6 Å². The fourth-order valence-electron chi connectivity index (χ4n) is 1.05. The summed E-state index contributed by atoms with van der Waals surface area (Å²) in [6.07, 6.45) is 0. The second-order valence-corrected chi connectivity index (χ2v) is 3.87. The number of hydrogen-bond donors (Lipinski definition) is 1. The van der Waals surface area contributed by atoms with Crippen LogP contribution in [0.25, 0.3) is 11.5 Å². The monoisotopic (exact) mass is 316 g/mol. The maximum Gasteiger partial charge on any atom is 0.377 e. The number of aromatic nitrogens is 2. The minimum absolute atomic E-state index is 0.220. The predicted molar refractivity (Wildman–Crippen MR) is 59.4 cm³/mol. The van der Waals surface area contributed by atoms with Crippen LogP contribution in [0.1, 0.15) is 10.6 Å². The van der Waals surface area contributed by atoms with Crippen LogP contribution in [-0.2, 0) is 0 Å². The van der Waals surface area contributed by atoms with E-state index in [2.05, 4.69) is 32.7 Å². The van der Waals surface area contributed by atoms with Crippen LogP contribution in [0.2, 0.25) is 0 Å². The van der Waals surface area contributed by atoms with E-state index in [1.54, 1.807) is 6.07 Å². The molecule has 1 heterocycles. The average molecular weight is 316 g/mol. The Bertz CT molecular complexity index is 510. The molecule has 0 atom stereocenters. The lowest BCUT2D eigenvalue weighted by molar-refractivity contribution is 0.0680. The van der Waals surface area contributed by atoms with Crippen LogP contribution >= 0.6 is 22.6 Å². The van der Waals surface area contributed by atoms with E-state index in [1.165, 1.54) is 0 Å². The first-order valence-electron chi connectivity index (χ1n) is 4.00. The molecule has 6 heteroatoms. The van der Waals surface area contributed by atoms with E-state index >= 15 is 0 Å². The molecule has 0 bridgehead atoms. The van der Waals surface area contributed by atoms with Crippen LogP contribution in [0.4, 0.5) is 0 Å². The molecule has 0 amide bonds. The Morgan fingerprint density at radius 3 is 2.73 bits per heavy atom. The number of carboxylic acid groups (broad SMARTS) is 1. The number of halogens is 1. The molecule has 1 aromatic heterocycles. The van der Waals surface area contributed by atoms with Gasteiger partial charge in [0.25, 0.3) is 11.7 Å². The Balaban J connectivity index is 2.46. The standard InChI is InChI=1S/C9H5IN2O3/c10-6-4-2-1-3-5(6)8-11-7(9(13)14)12-15-8/h1-4H,(H,13,14). The van der Waals surface area contributed by atoms with Gasteiger partial charge in [-0.15, -0.1) is 0 Å². The molecule has 2 rings (SSSR count). The van der Waals surface area contributed by atoms with E-state index in [9.17, 15) is 4.79 Å². The Kier molecular flexibility index (Phi) is 2.67. The van der Waals surface area contributed by atoms with Gasteiger partial charge in [-0.2, -0.15) is 4.98 Å². The highest BCUT2D eigenvalue weighted by Gasteiger charge is 2.15. The van der Waals surface area contributed by atoms with Gasteiger partial charge in [0.2, 0.25) is 0 Å². The van der Waals surface area contributed by atoms with Gasteiger partial charge in [0.1, 0.15) is 0 Å². The number of hydrogen-bond acceptors (Lipinski definition) is 4. The lowest BCUT2D eigenvalue weighted by atomic mass is 10.2. The summed E-state index contributed by atoms with van der Waals surface area (Å²) < 4.78 is 5.77. The number of benzene rings is 1. The van der Waals surface area contributed by atoms with Gasteiger partial charge in [0, 0.05) is 3.57 Å². The zero-order valence-corrected chi connectivity index (χ0v) is 9.50. The van der Waals surface area contributed by atoms with E-state index in [0.29, 0.717) is 0 Å². The molecule has 15 heavy (non-hydrogen) atoms. The fourth-order valence-corrected chi connectivity index (χ4v) is 1.67. The van der Waals surface area contributed by atoms with Crippen molar-refractivity contribution in [1.82, 2.24) is 10.1 Å². The topological polar surface area (TPSA) is 76.2 Å². The maximum atomic E-state index is 10.5. The molecule has 0 saturated heterocycles. The van der Waals surface area contributed by atoms with Crippen molar-refractivity contribution in [3.63, 3.8) is 0 Å². The molecular formula is C9H5IN2O3. The number of carboxylic acids is 1. The van der Waals surface area contributed by atoms with Crippen LogP contribution in [-0.4, -0.2) is 21.2 Å². The van der Waals surface area contributed by atoms with Gasteiger partial charge in [-0.3, -0.25) is 0 Å². The third-order valence-corrected chi connectivity index (χ3v) is 2.66. The average Bonchev–Trinajstić information content (AvgIpc) is 2.67. The molecule has 0 radical (unpaired) electrons. The van der Waals surface area contributed by atoms with Crippen molar-refractivity contribution in [2.45, 2.75) is 0 Å². The third-order valence-electron chi connectivity index (χ3n) is 1.72. The van der Waals surface area contributed by atoms with Crippen LogP contribution in [0.15, 0.2) is 28.8 Å². The minimum atomic E-state index is -1.20. The molecule has 0 unspecified atom stereocenters. The van der Waals surface area contributed by atoms with Crippen molar-refractivity contribution in [3.8, 4) is 11.5 Å². The Morgan fingerprint density at radius 1 is 1.40 bits per heavy atom. The summed E-state index contributed by atoms with van der Waals surface area (Å²) in [7, 11) is 0. The molecule has 0 spiro atoms. The summed E-state index contributed by atoms with van der Waals surface area (Å²) in [5.74, 6) is -1.31. The highest BCUT2D eigenvalue weighted by atomic mass is 127. The number of carbonyl (C=O) groups is 1. The lowest BCUT2D eigenvalue weighted by Gasteiger charge is -1.95. The summed E-state index contributed by atoms with van der Waals surface area (Å²) >= 11 is 2.12. The molecule has 0 aliphatic heterocycles. The Hall–Kier alpha value is -1.44. The predicted octanol–water partition coefficient (Wildman–Crippen LogP) is 2.04. The molecule has 0 aliphatic carbocycles. The molecule has 1 N–H and O–H groups in total. The van der Waals surface area contributed by atoms with Crippen LogP contribution in [0, 0.1) is 3.57 Å². The van der Waals surface area contributed by atoms with Gasteiger partial charge in [-0.1, -0.05) is 12.1 Å². The maximum absolute atomic E-state index is 10.5. The SMILES string of the molecule is O=C(O)c1noc(-c2ccccc2I)n1. The summed E-state index contributed by atoms with van der Waals surface area (Å²) in [5.41, 5.74) is 0.734. The fraction of sp³-hybridized carbons (Fsp3) is 0. The Labute approximate surface area is 98.3 Å². The Morgan fingerprint density at radius 2 is 2.13 bits per heavy atom. The quantitative estimate of drug-likeness (QED) is 0.858. The highest BCUT2D eigenvalue weighted by Crippen LogP contribution is 2.22. The van der Waals surface area contributed by atoms with Crippen molar-refractivity contribution in [1.29, 1.82) is 0 Å². The summed E-state index contributed by atoms with van der Waals surface area (Å²) in [5, 5.41) is 12.0. The first kappa shape index (κ1) is 10.1. The van der Waals surface area contributed by atoms with E-state index in [4.69, 9.17) is 9.63 Å². The molecule has 2 aromatic rings. The van der Waals surface area contributed by atoms with Gasteiger partial charge in [-0.25, -0.2) is 4.79 Å². The van der Waals surface area contributed by atoms with E-state index < -0.39 is 5.97 Å². The molecule has 0 fully saturated rings. The molecule has 5 nitrogen and oxygen atoms in total. The molecule has 0 aliphatic rings. The van der Waals surface area contributed by atoms with Crippen molar-refractivity contribution < 1.29 is 14.4 Å². The summed E-state index contributed by atoms with van der Waals surface area (Å²) in [4.78, 5) is 14.3. The van der Waals surface area contributed by atoms with Crippen molar-refractivity contribution in [2.24, 2.45) is 0 Å². The molecule has 0 saturated carbocycles. The first-order chi connectivity index (χ1) is 7.18. The van der Waals surface area contributed by atoms with Crippen molar-refractivity contribution in [2.75, 3.05) is 0 Å². The smallest absolute Gasteiger partial charge is 0.377 e. The second-order valence-electron chi connectivity index (χ2n) is 2.71.